The van der Waals surface area contributed by atoms with Gasteiger partial charge >= 0.3 is 29.6 Å². The van der Waals surface area contributed by atoms with E-state index in [4.69, 9.17) is 0 Å². The number of hydrogen-bond donors (Lipinski definition) is 1. The molecule has 19 heavy (non-hydrogen) atoms. The van der Waals surface area contributed by atoms with Crippen molar-refractivity contribution in [1.29, 1.82) is 0 Å². The Labute approximate surface area is 138 Å². The van der Waals surface area contributed by atoms with Gasteiger partial charge in [-0.2, -0.15) is 8.42 Å². The molecule has 1 N–H and O–H groups in total. The van der Waals surface area contributed by atoms with Crippen LogP contribution in [0.15, 0.2) is 23.1 Å². The van der Waals surface area contributed by atoms with Crippen LogP contribution >= 0.6 is 0 Å². The zero-order valence-corrected chi connectivity index (χ0v) is 12.0. The SMILES string of the molecule is CCCCCCc1cccc(S(=O)(=O)O)c1CC.[NaH]. The van der Waals surface area contributed by atoms with Crippen LogP contribution in [0.25, 0.3) is 0 Å². The summed E-state index contributed by atoms with van der Waals surface area (Å²) < 4.78 is 31.8. The van der Waals surface area contributed by atoms with E-state index in [0.29, 0.717) is 6.42 Å². The summed E-state index contributed by atoms with van der Waals surface area (Å²) in [6, 6.07) is 5.14. The molecule has 0 aliphatic heterocycles. The average Bonchev–Trinajstić information content (AvgIpc) is 2.33. The van der Waals surface area contributed by atoms with E-state index in [2.05, 4.69) is 6.92 Å². The molecule has 0 radical (unpaired) electrons. The zero-order valence-electron chi connectivity index (χ0n) is 11.1. The van der Waals surface area contributed by atoms with Crippen molar-refractivity contribution in [3.8, 4) is 0 Å². The van der Waals surface area contributed by atoms with Crippen LogP contribution < -0.4 is 0 Å². The van der Waals surface area contributed by atoms with Crippen LogP contribution in [0.5, 0.6) is 0 Å². The summed E-state index contributed by atoms with van der Waals surface area (Å²) in [5.41, 5.74) is 1.81. The second-order valence-corrected chi connectivity index (χ2v) is 5.92. The Morgan fingerprint density at radius 3 is 2.32 bits per heavy atom. The summed E-state index contributed by atoms with van der Waals surface area (Å²) in [5, 5.41) is 0. The molecule has 1 rings (SSSR count). The molecule has 1 aromatic rings. The number of hydrogen-bond acceptors (Lipinski definition) is 2. The third kappa shape index (κ3) is 5.96. The Morgan fingerprint density at radius 2 is 1.79 bits per heavy atom. The van der Waals surface area contributed by atoms with Crippen molar-refractivity contribution in [2.75, 3.05) is 0 Å². The van der Waals surface area contributed by atoms with Gasteiger partial charge in [0.2, 0.25) is 0 Å². The van der Waals surface area contributed by atoms with Crippen LogP contribution in [0.3, 0.4) is 0 Å². The normalized spacial score (nSPS) is 11.1. The second-order valence-electron chi connectivity index (χ2n) is 4.53. The predicted octanol–water partition coefficient (Wildman–Crippen LogP) is 2.97. The Kier molecular flexibility index (Phi) is 9.20. The summed E-state index contributed by atoms with van der Waals surface area (Å²) in [7, 11) is -4.10. The van der Waals surface area contributed by atoms with Crippen molar-refractivity contribution >= 4 is 39.7 Å². The first-order valence-electron chi connectivity index (χ1n) is 6.59. The van der Waals surface area contributed by atoms with Crippen molar-refractivity contribution in [3.05, 3.63) is 29.3 Å². The molecule has 0 bridgehead atoms. The van der Waals surface area contributed by atoms with Gasteiger partial charge in [-0.25, -0.2) is 0 Å². The first-order chi connectivity index (χ1) is 8.50. The summed E-state index contributed by atoms with van der Waals surface area (Å²) >= 11 is 0. The van der Waals surface area contributed by atoms with E-state index in [1.807, 2.05) is 13.0 Å². The van der Waals surface area contributed by atoms with Crippen LogP contribution in [-0.4, -0.2) is 42.5 Å². The fourth-order valence-electron chi connectivity index (χ4n) is 2.23. The van der Waals surface area contributed by atoms with Crippen LogP contribution in [0, 0.1) is 0 Å². The number of benzene rings is 1. The Bertz CT molecular complexity index is 483. The molecule has 5 heteroatoms. The van der Waals surface area contributed by atoms with Gasteiger partial charge in [0, 0.05) is 0 Å². The van der Waals surface area contributed by atoms with Gasteiger partial charge in [-0.3, -0.25) is 4.55 Å². The van der Waals surface area contributed by atoms with Gasteiger partial charge in [-0.05, 0) is 36.5 Å². The van der Waals surface area contributed by atoms with E-state index < -0.39 is 10.1 Å². The van der Waals surface area contributed by atoms with Gasteiger partial charge in [-0.1, -0.05) is 45.2 Å². The third-order valence-corrected chi connectivity index (χ3v) is 4.10. The van der Waals surface area contributed by atoms with Gasteiger partial charge in [0.15, 0.2) is 0 Å². The van der Waals surface area contributed by atoms with Crippen LogP contribution in [0.2, 0.25) is 0 Å². The molecular formula is C14H23NaO3S. The summed E-state index contributed by atoms with van der Waals surface area (Å²) in [6.07, 6.45) is 6.13. The predicted molar refractivity (Wildman–Crippen MR) is 80.6 cm³/mol. The standard InChI is InChI=1S/C14H22O3S.Na.H/c1-3-5-6-7-9-12-10-8-11-14(13(12)4-2)18(15,16)17;;/h8,10-11H,3-7,9H2,1-2H3,(H,15,16,17);;. The molecule has 0 fully saturated rings. The molecule has 0 amide bonds. The van der Waals surface area contributed by atoms with Gasteiger partial charge in [0.25, 0.3) is 10.1 Å². The van der Waals surface area contributed by atoms with Crippen molar-refractivity contribution < 1.29 is 13.0 Å². The van der Waals surface area contributed by atoms with Crippen molar-refractivity contribution in [2.45, 2.75) is 57.3 Å². The zero-order chi connectivity index (χ0) is 13.6. The van der Waals surface area contributed by atoms with E-state index in [1.54, 1.807) is 6.07 Å². The molecule has 3 nitrogen and oxygen atoms in total. The summed E-state index contributed by atoms with van der Waals surface area (Å²) in [6.45, 7) is 4.08. The van der Waals surface area contributed by atoms with Gasteiger partial charge < -0.3 is 0 Å². The fourth-order valence-corrected chi connectivity index (χ4v) is 3.07. The number of aryl methyl sites for hydroxylation is 1. The first-order valence-corrected chi connectivity index (χ1v) is 8.03. The molecule has 0 atom stereocenters. The van der Waals surface area contributed by atoms with Gasteiger partial charge in [0.1, 0.15) is 0 Å². The molecule has 0 heterocycles. The quantitative estimate of drug-likeness (QED) is 0.478. The van der Waals surface area contributed by atoms with Crippen molar-refractivity contribution in [2.24, 2.45) is 0 Å². The average molecular weight is 294 g/mol. The monoisotopic (exact) mass is 294 g/mol. The van der Waals surface area contributed by atoms with E-state index in [1.165, 1.54) is 18.9 Å². The molecule has 0 aromatic heterocycles. The molecular weight excluding hydrogens is 271 g/mol. The van der Waals surface area contributed by atoms with E-state index in [0.717, 1.165) is 30.4 Å². The maximum atomic E-state index is 11.3. The second kappa shape index (κ2) is 9.14. The topological polar surface area (TPSA) is 54.4 Å². The van der Waals surface area contributed by atoms with E-state index in [9.17, 15) is 13.0 Å². The molecule has 0 saturated carbocycles. The van der Waals surface area contributed by atoms with E-state index >= 15 is 0 Å². The first kappa shape index (κ1) is 19.1. The molecule has 0 spiro atoms. The minimum atomic E-state index is -4.10. The molecule has 0 aliphatic carbocycles. The third-order valence-electron chi connectivity index (χ3n) is 3.16. The Hall–Kier alpha value is 0.130. The Balaban J connectivity index is 0.00000324. The van der Waals surface area contributed by atoms with Gasteiger partial charge in [0.05, 0.1) is 4.90 Å². The summed E-state index contributed by atoms with van der Waals surface area (Å²) in [5.74, 6) is 0. The number of rotatable bonds is 7. The van der Waals surface area contributed by atoms with Crippen LogP contribution in [0.4, 0.5) is 0 Å². The molecule has 1 aromatic carbocycles. The van der Waals surface area contributed by atoms with Gasteiger partial charge in [-0.15, -0.1) is 0 Å². The molecule has 0 unspecified atom stereocenters. The molecule has 104 valence electrons. The Morgan fingerprint density at radius 1 is 1.11 bits per heavy atom. The van der Waals surface area contributed by atoms with Crippen LogP contribution in [0.1, 0.15) is 50.7 Å². The molecule has 0 saturated heterocycles. The maximum absolute atomic E-state index is 11.3. The minimum absolute atomic E-state index is 0. The fraction of sp³-hybridized carbons (Fsp3) is 0.571. The molecule has 0 aliphatic rings. The van der Waals surface area contributed by atoms with Crippen molar-refractivity contribution in [1.82, 2.24) is 0 Å². The van der Waals surface area contributed by atoms with E-state index in [-0.39, 0.29) is 34.5 Å². The summed E-state index contributed by atoms with van der Waals surface area (Å²) in [4.78, 5) is 0.0676. The van der Waals surface area contributed by atoms with Crippen LogP contribution in [-0.2, 0) is 23.0 Å². The van der Waals surface area contributed by atoms with Crippen molar-refractivity contribution in [3.63, 3.8) is 0 Å². The number of unbranched alkanes of at least 4 members (excludes halogenated alkanes) is 3.